The molecule has 6 heteroatoms. The molecule has 0 atom stereocenters. The summed E-state index contributed by atoms with van der Waals surface area (Å²) in [5.41, 5.74) is 3.67. The first kappa shape index (κ1) is 13.3. The number of aromatic nitrogens is 2. The number of hydrazone groups is 1. The number of aryl methyl sites for hydroxylation is 1. The van der Waals surface area contributed by atoms with E-state index in [1.165, 1.54) is 0 Å². The molecule has 0 spiro atoms. The average molecular weight is 277 g/mol. The molecule has 1 heterocycles. The molecule has 98 valence electrons. The fraction of sp³-hybridized carbons (Fsp3) is 0.154. The molecule has 1 N–H and O–H groups in total. The molecular weight excluding hydrogens is 264 g/mol. The monoisotopic (exact) mass is 276 g/mol. The van der Waals surface area contributed by atoms with Gasteiger partial charge in [-0.2, -0.15) is 5.10 Å². The summed E-state index contributed by atoms with van der Waals surface area (Å²) in [7, 11) is 1.62. The quantitative estimate of drug-likeness (QED) is 0.530. The van der Waals surface area contributed by atoms with Gasteiger partial charge < -0.3 is 4.74 Å². The minimum atomic E-state index is 0.377. The molecule has 0 radical (unpaired) electrons. The first-order valence-corrected chi connectivity index (χ1v) is 6.00. The summed E-state index contributed by atoms with van der Waals surface area (Å²) in [6.07, 6.45) is 1.66. The van der Waals surface area contributed by atoms with Crippen molar-refractivity contribution < 1.29 is 4.74 Å². The molecule has 2 rings (SSSR count). The molecule has 2 aromatic rings. The first-order chi connectivity index (χ1) is 9.19. The van der Waals surface area contributed by atoms with Gasteiger partial charge in [-0.25, -0.2) is 9.97 Å². The van der Waals surface area contributed by atoms with E-state index in [1.807, 2.05) is 24.3 Å². The molecular formula is C13H13ClN4O. The summed E-state index contributed by atoms with van der Waals surface area (Å²) in [4.78, 5) is 8.13. The maximum Gasteiger partial charge on any atom is 0.151 e. The van der Waals surface area contributed by atoms with Gasteiger partial charge in [0.05, 0.1) is 13.3 Å². The van der Waals surface area contributed by atoms with Crippen LogP contribution >= 0.6 is 11.6 Å². The van der Waals surface area contributed by atoms with E-state index >= 15 is 0 Å². The Bertz CT molecular complexity index is 581. The van der Waals surface area contributed by atoms with Crippen LogP contribution in [-0.2, 0) is 0 Å². The van der Waals surface area contributed by atoms with Crippen LogP contribution in [0.3, 0.4) is 0 Å². The van der Waals surface area contributed by atoms with Gasteiger partial charge in [0.1, 0.15) is 16.7 Å². The summed E-state index contributed by atoms with van der Waals surface area (Å²) < 4.78 is 5.22. The smallest absolute Gasteiger partial charge is 0.151 e. The van der Waals surface area contributed by atoms with Crippen LogP contribution in [0.15, 0.2) is 35.4 Å². The highest BCUT2D eigenvalue weighted by molar-refractivity contribution is 6.29. The minimum absolute atomic E-state index is 0.377. The van der Waals surface area contributed by atoms with E-state index in [0.717, 1.165) is 11.3 Å². The van der Waals surface area contributed by atoms with E-state index in [2.05, 4.69) is 20.5 Å². The summed E-state index contributed by atoms with van der Waals surface area (Å²) in [6.45, 7) is 1.76. The van der Waals surface area contributed by atoms with Crippen molar-refractivity contribution in [1.82, 2.24) is 9.97 Å². The number of hydrogen-bond donors (Lipinski definition) is 1. The molecule has 0 bridgehead atoms. The number of methoxy groups -OCH3 is 1. The van der Waals surface area contributed by atoms with Crippen molar-refractivity contribution >= 4 is 23.6 Å². The van der Waals surface area contributed by atoms with Gasteiger partial charge in [-0.05, 0) is 19.1 Å². The van der Waals surface area contributed by atoms with Crippen molar-refractivity contribution in [3.8, 4) is 5.75 Å². The number of anilines is 1. The van der Waals surface area contributed by atoms with Gasteiger partial charge in [-0.3, -0.25) is 5.43 Å². The minimum Gasteiger partial charge on any atom is -0.496 e. The van der Waals surface area contributed by atoms with Crippen molar-refractivity contribution in [3.63, 3.8) is 0 Å². The molecule has 0 aliphatic carbocycles. The molecule has 0 unspecified atom stereocenters. The SMILES string of the molecule is COc1ccccc1C=NNc1cc(Cl)nc(C)n1. The van der Waals surface area contributed by atoms with Crippen molar-refractivity contribution in [1.29, 1.82) is 0 Å². The lowest BCUT2D eigenvalue weighted by Crippen LogP contribution is -1.98. The second-order valence-electron chi connectivity index (χ2n) is 3.74. The van der Waals surface area contributed by atoms with Crippen molar-refractivity contribution in [2.75, 3.05) is 12.5 Å². The topological polar surface area (TPSA) is 59.4 Å². The predicted molar refractivity (Wildman–Crippen MR) is 76.0 cm³/mol. The van der Waals surface area contributed by atoms with Gasteiger partial charge in [-0.15, -0.1) is 0 Å². The normalized spacial score (nSPS) is 10.7. The lowest BCUT2D eigenvalue weighted by molar-refractivity contribution is 0.414. The molecule has 19 heavy (non-hydrogen) atoms. The second-order valence-corrected chi connectivity index (χ2v) is 4.12. The van der Waals surface area contributed by atoms with Crippen LogP contribution in [0.5, 0.6) is 5.75 Å². The van der Waals surface area contributed by atoms with Crippen LogP contribution in [0.25, 0.3) is 0 Å². The molecule has 0 saturated carbocycles. The van der Waals surface area contributed by atoms with Gasteiger partial charge in [0.2, 0.25) is 0 Å². The predicted octanol–water partition coefficient (Wildman–Crippen LogP) is 2.89. The van der Waals surface area contributed by atoms with Crippen LogP contribution < -0.4 is 10.2 Å². The molecule has 1 aromatic heterocycles. The Morgan fingerprint density at radius 3 is 2.84 bits per heavy atom. The Morgan fingerprint density at radius 1 is 1.32 bits per heavy atom. The first-order valence-electron chi connectivity index (χ1n) is 5.62. The molecule has 0 fully saturated rings. The lowest BCUT2D eigenvalue weighted by Gasteiger charge is -2.04. The second kappa shape index (κ2) is 6.15. The van der Waals surface area contributed by atoms with Gasteiger partial charge in [0, 0.05) is 11.6 Å². The third kappa shape index (κ3) is 3.66. The number of para-hydroxylation sites is 1. The van der Waals surface area contributed by atoms with E-state index in [9.17, 15) is 0 Å². The van der Waals surface area contributed by atoms with Crippen molar-refractivity contribution in [3.05, 3.63) is 46.9 Å². The molecule has 5 nitrogen and oxygen atoms in total. The fourth-order valence-electron chi connectivity index (χ4n) is 1.53. The zero-order valence-corrected chi connectivity index (χ0v) is 11.3. The highest BCUT2D eigenvalue weighted by Gasteiger charge is 1.99. The summed E-state index contributed by atoms with van der Waals surface area (Å²) in [5, 5.41) is 4.48. The van der Waals surface area contributed by atoms with Gasteiger partial charge in [0.25, 0.3) is 0 Å². The molecule has 0 aliphatic rings. The average Bonchev–Trinajstić information content (AvgIpc) is 2.38. The summed E-state index contributed by atoms with van der Waals surface area (Å²) >= 11 is 5.83. The third-order valence-corrected chi connectivity index (χ3v) is 2.52. The Balaban J connectivity index is 2.11. The van der Waals surface area contributed by atoms with E-state index in [0.29, 0.717) is 16.8 Å². The maximum atomic E-state index is 5.83. The number of rotatable bonds is 4. The number of ether oxygens (including phenoxy) is 1. The summed E-state index contributed by atoms with van der Waals surface area (Å²) in [5.74, 6) is 1.89. The van der Waals surface area contributed by atoms with Crippen LogP contribution in [0, 0.1) is 6.92 Å². The molecule has 0 saturated heterocycles. The lowest BCUT2D eigenvalue weighted by atomic mass is 10.2. The Hall–Kier alpha value is -2.14. The third-order valence-electron chi connectivity index (χ3n) is 2.33. The highest BCUT2D eigenvalue weighted by Crippen LogP contribution is 2.15. The van der Waals surface area contributed by atoms with Crippen LogP contribution in [0.4, 0.5) is 5.82 Å². The van der Waals surface area contributed by atoms with Crippen LogP contribution in [0.2, 0.25) is 5.15 Å². The van der Waals surface area contributed by atoms with Crippen molar-refractivity contribution in [2.24, 2.45) is 5.10 Å². The van der Waals surface area contributed by atoms with Gasteiger partial charge >= 0.3 is 0 Å². The Morgan fingerprint density at radius 2 is 2.11 bits per heavy atom. The number of benzene rings is 1. The van der Waals surface area contributed by atoms with Crippen LogP contribution in [-0.4, -0.2) is 23.3 Å². The van der Waals surface area contributed by atoms with E-state index in [1.54, 1.807) is 26.3 Å². The van der Waals surface area contributed by atoms with Crippen LogP contribution in [0.1, 0.15) is 11.4 Å². The zero-order chi connectivity index (χ0) is 13.7. The molecule has 1 aromatic carbocycles. The van der Waals surface area contributed by atoms with Crippen molar-refractivity contribution in [2.45, 2.75) is 6.92 Å². The number of halogens is 1. The fourth-order valence-corrected chi connectivity index (χ4v) is 1.76. The Kier molecular flexibility index (Phi) is 4.30. The largest absolute Gasteiger partial charge is 0.496 e. The molecule has 0 aliphatic heterocycles. The number of nitrogens with zero attached hydrogens (tertiary/aromatic N) is 3. The Labute approximate surface area is 116 Å². The van der Waals surface area contributed by atoms with E-state index in [-0.39, 0.29) is 0 Å². The highest BCUT2D eigenvalue weighted by atomic mass is 35.5. The van der Waals surface area contributed by atoms with Gasteiger partial charge in [0.15, 0.2) is 5.82 Å². The van der Waals surface area contributed by atoms with Gasteiger partial charge in [-0.1, -0.05) is 23.7 Å². The molecule has 0 amide bonds. The number of nitrogens with one attached hydrogen (secondary N) is 1. The standard InChI is InChI=1S/C13H13ClN4O/c1-9-16-12(14)7-13(17-9)18-15-8-10-5-3-4-6-11(10)19-2/h3-8H,1-2H3,(H,16,17,18). The maximum absolute atomic E-state index is 5.83. The zero-order valence-electron chi connectivity index (χ0n) is 10.6. The summed E-state index contributed by atoms with van der Waals surface area (Å²) in [6, 6.07) is 9.19. The van der Waals surface area contributed by atoms with E-state index < -0.39 is 0 Å². The van der Waals surface area contributed by atoms with E-state index in [4.69, 9.17) is 16.3 Å². The number of hydrogen-bond acceptors (Lipinski definition) is 5.